The molecule has 2 amide bonds. The van der Waals surface area contributed by atoms with Gasteiger partial charge in [-0.2, -0.15) is 0 Å². The molecule has 0 bridgehead atoms. The largest absolute Gasteiger partial charge is 0.491 e. The number of nitrogens with zero attached hydrogens (tertiary/aromatic N) is 2. The highest BCUT2D eigenvalue weighted by molar-refractivity contribution is 6.03. The zero-order chi connectivity index (χ0) is 20.1. The fraction of sp³-hybridized carbons (Fsp3) is 0.391. The van der Waals surface area contributed by atoms with E-state index in [-0.39, 0.29) is 24.8 Å². The quantitative estimate of drug-likeness (QED) is 0.858. The van der Waals surface area contributed by atoms with Crippen molar-refractivity contribution in [2.24, 2.45) is 0 Å². The molecule has 0 aliphatic carbocycles. The molecule has 2 aliphatic rings. The molecular formula is C23H27N3O3. The first-order valence-corrected chi connectivity index (χ1v) is 10.4. The van der Waals surface area contributed by atoms with Crippen LogP contribution in [0.4, 0.5) is 17.1 Å². The molecule has 0 radical (unpaired) electrons. The normalized spacial score (nSPS) is 17.0. The van der Waals surface area contributed by atoms with E-state index in [1.165, 1.54) is 36.3 Å². The number of carbonyl (C=O) groups excluding carboxylic acids is 2. The Balaban J connectivity index is 1.41. The molecule has 2 aliphatic heterocycles. The molecule has 0 unspecified atom stereocenters. The second kappa shape index (κ2) is 8.99. The Morgan fingerprint density at radius 1 is 0.966 bits per heavy atom. The van der Waals surface area contributed by atoms with Gasteiger partial charge in [0.05, 0.1) is 18.7 Å². The summed E-state index contributed by atoms with van der Waals surface area (Å²) in [5.74, 6) is 0.298. The number of para-hydroxylation sites is 2. The van der Waals surface area contributed by atoms with Crippen LogP contribution in [-0.4, -0.2) is 38.1 Å². The molecule has 1 fully saturated rings. The maximum absolute atomic E-state index is 12.6. The van der Waals surface area contributed by atoms with Gasteiger partial charge in [-0.25, -0.2) is 0 Å². The minimum Gasteiger partial charge on any atom is -0.491 e. The van der Waals surface area contributed by atoms with Crippen LogP contribution in [0.2, 0.25) is 0 Å². The van der Waals surface area contributed by atoms with Crippen molar-refractivity contribution in [2.45, 2.75) is 32.1 Å². The Hall–Kier alpha value is -3.02. The van der Waals surface area contributed by atoms with E-state index in [4.69, 9.17) is 4.74 Å². The summed E-state index contributed by atoms with van der Waals surface area (Å²) in [5, 5.41) is 2.91. The highest BCUT2D eigenvalue weighted by Gasteiger charge is 2.25. The van der Waals surface area contributed by atoms with Crippen LogP contribution < -0.4 is 19.9 Å². The summed E-state index contributed by atoms with van der Waals surface area (Å²) in [7, 11) is 0. The number of amides is 2. The molecule has 0 aromatic heterocycles. The highest BCUT2D eigenvalue weighted by atomic mass is 16.5. The lowest BCUT2D eigenvalue weighted by Gasteiger charge is -2.23. The lowest BCUT2D eigenvalue weighted by molar-refractivity contribution is -0.121. The zero-order valence-corrected chi connectivity index (χ0v) is 16.6. The van der Waals surface area contributed by atoms with E-state index in [1.807, 2.05) is 36.4 Å². The van der Waals surface area contributed by atoms with Crippen LogP contribution in [0.15, 0.2) is 48.5 Å². The van der Waals surface area contributed by atoms with Gasteiger partial charge in [-0.15, -0.1) is 0 Å². The van der Waals surface area contributed by atoms with E-state index in [1.54, 1.807) is 0 Å². The molecule has 152 valence electrons. The van der Waals surface area contributed by atoms with E-state index >= 15 is 0 Å². The molecule has 1 N–H and O–H groups in total. The van der Waals surface area contributed by atoms with Crippen molar-refractivity contribution in [1.82, 2.24) is 0 Å². The summed E-state index contributed by atoms with van der Waals surface area (Å²) in [5.41, 5.74) is 2.57. The molecule has 2 aromatic rings. The second-order valence-electron chi connectivity index (χ2n) is 7.54. The maximum Gasteiger partial charge on any atom is 0.244 e. The summed E-state index contributed by atoms with van der Waals surface area (Å²) in [6, 6.07) is 15.3. The van der Waals surface area contributed by atoms with Crippen molar-refractivity contribution in [3.05, 3.63) is 48.5 Å². The molecule has 1 saturated heterocycles. The molecule has 2 aromatic carbocycles. The number of carbonyl (C=O) groups is 2. The second-order valence-corrected chi connectivity index (χ2v) is 7.54. The van der Waals surface area contributed by atoms with Crippen LogP contribution in [0.25, 0.3) is 0 Å². The fourth-order valence-electron chi connectivity index (χ4n) is 3.92. The summed E-state index contributed by atoms with van der Waals surface area (Å²) < 4.78 is 5.63. The van der Waals surface area contributed by atoms with Gasteiger partial charge < -0.3 is 15.0 Å². The van der Waals surface area contributed by atoms with Gasteiger partial charge in [-0.05, 0) is 49.2 Å². The summed E-state index contributed by atoms with van der Waals surface area (Å²) >= 11 is 0. The van der Waals surface area contributed by atoms with Crippen LogP contribution in [0, 0.1) is 0 Å². The van der Waals surface area contributed by atoms with Crippen molar-refractivity contribution in [3.8, 4) is 5.75 Å². The topological polar surface area (TPSA) is 61.9 Å². The molecule has 29 heavy (non-hydrogen) atoms. The Morgan fingerprint density at radius 3 is 2.45 bits per heavy atom. The molecule has 0 saturated carbocycles. The third kappa shape index (κ3) is 4.70. The fourth-order valence-corrected chi connectivity index (χ4v) is 3.92. The van der Waals surface area contributed by atoms with Gasteiger partial charge in [0, 0.05) is 24.5 Å². The summed E-state index contributed by atoms with van der Waals surface area (Å²) in [6.07, 6.45) is 5.32. The van der Waals surface area contributed by atoms with E-state index < -0.39 is 0 Å². The maximum atomic E-state index is 12.6. The molecule has 2 heterocycles. The molecule has 6 nitrogen and oxygen atoms in total. The number of rotatable bonds is 4. The van der Waals surface area contributed by atoms with Gasteiger partial charge in [-0.1, -0.05) is 25.0 Å². The zero-order valence-electron chi connectivity index (χ0n) is 16.6. The Morgan fingerprint density at radius 2 is 1.69 bits per heavy atom. The molecule has 0 spiro atoms. The van der Waals surface area contributed by atoms with E-state index in [9.17, 15) is 9.59 Å². The van der Waals surface area contributed by atoms with Crippen molar-refractivity contribution in [3.63, 3.8) is 0 Å². The lowest BCUT2D eigenvalue weighted by Crippen LogP contribution is -2.37. The summed E-state index contributed by atoms with van der Waals surface area (Å²) in [4.78, 5) is 29.0. The van der Waals surface area contributed by atoms with Crippen LogP contribution in [0.5, 0.6) is 5.75 Å². The molecule has 0 atom stereocenters. The first kappa shape index (κ1) is 19.3. The third-order valence-corrected chi connectivity index (χ3v) is 5.45. The first-order valence-electron chi connectivity index (χ1n) is 10.4. The minimum atomic E-state index is -0.224. The molecular weight excluding hydrogens is 366 g/mol. The number of benzene rings is 2. The van der Waals surface area contributed by atoms with Crippen LogP contribution in [0.1, 0.15) is 32.1 Å². The average molecular weight is 393 g/mol. The minimum absolute atomic E-state index is 0.0346. The number of fused-ring (bicyclic) bond motifs is 1. The van der Waals surface area contributed by atoms with Crippen molar-refractivity contribution in [1.29, 1.82) is 0 Å². The summed E-state index contributed by atoms with van der Waals surface area (Å²) in [6.45, 7) is 2.47. The van der Waals surface area contributed by atoms with Crippen molar-refractivity contribution in [2.75, 3.05) is 41.4 Å². The smallest absolute Gasteiger partial charge is 0.244 e. The van der Waals surface area contributed by atoms with Gasteiger partial charge in [0.25, 0.3) is 0 Å². The number of anilines is 3. The average Bonchev–Trinajstić information content (AvgIpc) is 3.09. The lowest BCUT2D eigenvalue weighted by atomic mass is 10.2. The number of nitrogens with one attached hydrogen (secondary N) is 1. The SMILES string of the molecule is O=C(CN1C(=O)CCOc2ccccc21)Nc1ccc(N2CCCCCC2)cc1. The third-order valence-electron chi connectivity index (χ3n) is 5.45. The number of hydrogen-bond acceptors (Lipinski definition) is 4. The van der Waals surface area contributed by atoms with E-state index in [0.29, 0.717) is 18.0 Å². The Labute approximate surface area is 171 Å². The Kier molecular flexibility index (Phi) is 5.98. The van der Waals surface area contributed by atoms with Gasteiger partial charge in [0.15, 0.2) is 0 Å². The van der Waals surface area contributed by atoms with Gasteiger partial charge >= 0.3 is 0 Å². The highest BCUT2D eigenvalue weighted by Crippen LogP contribution is 2.31. The van der Waals surface area contributed by atoms with Gasteiger partial charge in [0.2, 0.25) is 11.8 Å². The van der Waals surface area contributed by atoms with Crippen molar-refractivity contribution >= 4 is 28.9 Å². The van der Waals surface area contributed by atoms with Gasteiger partial charge in [0.1, 0.15) is 12.3 Å². The predicted octanol–water partition coefficient (Wildman–Crippen LogP) is 3.82. The first-order chi connectivity index (χ1) is 14.2. The number of ether oxygens (including phenoxy) is 1. The molecule has 6 heteroatoms. The van der Waals surface area contributed by atoms with Crippen molar-refractivity contribution < 1.29 is 14.3 Å². The van der Waals surface area contributed by atoms with Crippen LogP contribution in [0.3, 0.4) is 0 Å². The van der Waals surface area contributed by atoms with E-state index in [0.717, 1.165) is 18.8 Å². The van der Waals surface area contributed by atoms with E-state index in [2.05, 4.69) is 22.3 Å². The predicted molar refractivity (Wildman–Crippen MR) is 115 cm³/mol. The van der Waals surface area contributed by atoms with Crippen LogP contribution >= 0.6 is 0 Å². The number of hydrogen-bond donors (Lipinski definition) is 1. The standard InChI is InChI=1S/C23H27N3O3/c27-22(17-26-20-7-3-4-8-21(20)29-16-13-23(26)28)24-18-9-11-19(12-10-18)25-14-5-1-2-6-15-25/h3-4,7-12H,1-2,5-6,13-17H2,(H,24,27). The molecule has 4 rings (SSSR count). The van der Waals surface area contributed by atoms with Gasteiger partial charge in [-0.3, -0.25) is 14.5 Å². The van der Waals surface area contributed by atoms with Crippen LogP contribution in [-0.2, 0) is 9.59 Å². The monoisotopic (exact) mass is 393 g/mol. The Bertz CT molecular complexity index is 858.